The summed E-state index contributed by atoms with van der Waals surface area (Å²) in [6, 6.07) is 0. The van der Waals surface area contributed by atoms with Crippen LogP contribution in [-0.4, -0.2) is 49.3 Å². The molecular formula is C75H138NO8P. The zero-order valence-electron chi connectivity index (χ0n) is 55.8. The molecule has 0 rings (SSSR count). The maximum absolute atomic E-state index is 12.8. The monoisotopic (exact) mass is 1210 g/mol. The Bertz CT molecular complexity index is 1620. The summed E-state index contributed by atoms with van der Waals surface area (Å²) < 4.78 is 33.2. The molecule has 0 aliphatic rings. The highest BCUT2D eigenvalue weighted by molar-refractivity contribution is 7.47. The van der Waals surface area contributed by atoms with Gasteiger partial charge in [-0.1, -0.05) is 337 Å². The van der Waals surface area contributed by atoms with Gasteiger partial charge >= 0.3 is 19.8 Å². The van der Waals surface area contributed by atoms with Crippen molar-refractivity contribution in [1.29, 1.82) is 0 Å². The number of carbonyl (C=O) groups is 2. The van der Waals surface area contributed by atoms with Crippen LogP contribution in [0.5, 0.6) is 0 Å². The summed E-state index contributed by atoms with van der Waals surface area (Å²) in [6.07, 6.45) is 93.0. The van der Waals surface area contributed by atoms with Crippen molar-refractivity contribution < 1.29 is 37.6 Å². The van der Waals surface area contributed by atoms with Gasteiger partial charge in [0.15, 0.2) is 6.10 Å². The number of hydrogen-bond acceptors (Lipinski definition) is 8. The molecule has 0 saturated heterocycles. The van der Waals surface area contributed by atoms with E-state index in [9.17, 15) is 19.0 Å². The first-order chi connectivity index (χ1) is 41.8. The quantitative estimate of drug-likeness (QED) is 0.0264. The van der Waals surface area contributed by atoms with Gasteiger partial charge in [-0.3, -0.25) is 18.6 Å². The summed E-state index contributed by atoms with van der Waals surface area (Å²) in [6.45, 7) is 3.68. The van der Waals surface area contributed by atoms with E-state index in [1.54, 1.807) is 0 Å². The van der Waals surface area contributed by atoms with E-state index in [2.05, 4.69) is 86.8 Å². The number of unbranched alkanes of at least 4 members (excludes halogenated alkanes) is 44. The van der Waals surface area contributed by atoms with Gasteiger partial charge < -0.3 is 20.1 Å². The van der Waals surface area contributed by atoms with E-state index in [1.165, 1.54) is 257 Å². The average molecular weight is 1210 g/mol. The Morgan fingerprint density at radius 2 is 0.647 bits per heavy atom. The molecule has 0 aromatic rings. The third kappa shape index (κ3) is 70.4. The first-order valence-corrected chi connectivity index (χ1v) is 37.9. The van der Waals surface area contributed by atoms with E-state index >= 15 is 0 Å². The number of esters is 2. The third-order valence-electron chi connectivity index (χ3n) is 16.1. The van der Waals surface area contributed by atoms with Crippen molar-refractivity contribution in [3.8, 4) is 0 Å². The van der Waals surface area contributed by atoms with Crippen LogP contribution in [0.4, 0.5) is 0 Å². The first-order valence-electron chi connectivity index (χ1n) is 36.4. The van der Waals surface area contributed by atoms with Gasteiger partial charge in [-0.15, -0.1) is 0 Å². The number of phosphoric ester groups is 1. The van der Waals surface area contributed by atoms with Gasteiger partial charge in [-0.05, 0) is 83.5 Å². The zero-order chi connectivity index (χ0) is 61.6. The van der Waals surface area contributed by atoms with Crippen LogP contribution in [0.2, 0.25) is 0 Å². The summed E-state index contributed by atoms with van der Waals surface area (Å²) >= 11 is 0. The van der Waals surface area contributed by atoms with Gasteiger partial charge in [0.2, 0.25) is 0 Å². The summed E-state index contributed by atoms with van der Waals surface area (Å²) in [5.74, 6) is -0.810. The number of allylic oxidation sites excluding steroid dienone is 12. The molecule has 85 heavy (non-hydrogen) atoms. The molecule has 0 aliphatic heterocycles. The second-order valence-corrected chi connectivity index (χ2v) is 25.9. The number of carbonyl (C=O) groups excluding carboxylic acids is 2. The predicted molar refractivity (Wildman–Crippen MR) is 367 cm³/mol. The van der Waals surface area contributed by atoms with E-state index in [-0.39, 0.29) is 38.6 Å². The fourth-order valence-corrected chi connectivity index (χ4v) is 11.5. The van der Waals surface area contributed by atoms with Gasteiger partial charge in [0.05, 0.1) is 13.2 Å². The fourth-order valence-electron chi connectivity index (χ4n) is 10.7. The lowest BCUT2D eigenvalue weighted by Crippen LogP contribution is -2.29. The van der Waals surface area contributed by atoms with Gasteiger partial charge in [0, 0.05) is 19.4 Å². The Morgan fingerprint density at radius 3 is 0.965 bits per heavy atom. The predicted octanol–water partition coefficient (Wildman–Crippen LogP) is 24.0. The second-order valence-electron chi connectivity index (χ2n) is 24.4. The van der Waals surface area contributed by atoms with Crippen LogP contribution < -0.4 is 5.73 Å². The molecule has 10 heteroatoms. The van der Waals surface area contributed by atoms with Gasteiger partial charge in [0.1, 0.15) is 6.61 Å². The Hall–Kier alpha value is -2.55. The van der Waals surface area contributed by atoms with Crippen molar-refractivity contribution in [2.75, 3.05) is 26.4 Å². The normalized spacial score (nSPS) is 13.3. The minimum Gasteiger partial charge on any atom is -0.462 e. The Balaban J connectivity index is 3.81. The molecule has 3 N–H and O–H groups in total. The number of phosphoric acid groups is 1. The lowest BCUT2D eigenvalue weighted by Gasteiger charge is -2.19. The maximum Gasteiger partial charge on any atom is 0.472 e. The SMILES string of the molecule is CC/C=C\C/C=C\C/C=C\C/C=C\CCCCCCCCCCCCCCCCCCC(=O)OC(COC(=O)CCCCCCCCCCCCCCCCCCCCCCCCC/C=C\C/C=C\CCCCCCC)COP(=O)(O)OCCN. The van der Waals surface area contributed by atoms with Crippen molar-refractivity contribution >= 4 is 19.8 Å². The summed E-state index contributed by atoms with van der Waals surface area (Å²) in [5, 5.41) is 0. The molecular weight excluding hydrogens is 1070 g/mol. The third-order valence-corrected chi connectivity index (χ3v) is 17.1. The van der Waals surface area contributed by atoms with Crippen molar-refractivity contribution in [3.05, 3.63) is 72.9 Å². The van der Waals surface area contributed by atoms with E-state index in [1.807, 2.05) is 0 Å². The summed E-state index contributed by atoms with van der Waals surface area (Å²) in [4.78, 5) is 35.4. The molecule has 0 fully saturated rings. The van der Waals surface area contributed by atoms with Crippen LogP contribution in [-0.2, 0) is 32.7 Å². The second kappa shape index (κ2) is 70.5. The highest BCUT2D eigenvalue weighted by Crippen LogP contribution is 2.43. The van der Waals surface area contributed by atoms with Crippen LogP contribution in [0.15, 0.2) is 72.9 Å². The summed E-state index contributed by atoms with van der Waals surface area (Å²) in [5.41, 5.74) is 5.41. The highest BCUT2D eigenvalue weighted by Gasteiger charge is 2.26. The molecule has 0 radical (unpaired) electrons. The minimum atomic E-state index is -4.39. The summed E-state index contributed by atoms with van der Waals surface area (Å²) in [7, 11) is -4.39. The van der Waals surface area contributed by atoms with Crippen LogP contribution >= 0.6 is 7.82 Å². The van der Waals surface area contributed by atoms with Crippen molar-refractivity contribution in [3.63, 3.8) is 0 Å². The lowest BCUT2D eigenvalue weighted by atomic mass is 10.0. The molecule has 0 aliphatic carbocycles. The maximum atomic E-state index is 12.8. The largest absolute Gasteiger partial charge is 0.472 e. The number of ether oxygens (including phenoxy) is 2. The molecule has 496 valence electrons. The number of nitrogens with two attached hydrogens (primary N) is 1. The molecule has 9 nitrogen and oxygen atoms in total. The number of hydrogen-bond donors (Lipinski definition) is 2. The Labute approximate surface area is 526 Å². The van der Waals surface area contributed by atoms with Crippen molar-refractivity contribution in [1.82, 2.24) is 0 Å². The van der Waals surface area contributed by atoms with E-state index in [0.717, 1.165) is 70.6 Å². The Morgan fingerprint density at radius 1 is 0.365 bits per heavy atom. The molecule has 2 unspecified atom stereocenters. The Kier molecular flexibility index (Phi) is 68.4. The van der Waals surface area contributed by atoms with Crippen LogP contribution in [0.1, 0.15) is 361 Å². The van der Waals surface area contributed by atoms with Gasteiger partial charge in [-0.2, -0.15) is 0 Å². The van der Waals surface area contributed by atoms with E-state index < -0.39 is 26.5 Å². The molecule has 2 atom stereocenters. The standard InChI is InChI=1S/C75H138NO8P/c1-3-5-7-9-11-13-15-17-19-21-23-25-27-29-31-33-34-35-36-37-38-40-41-43-45-47-49-51-53-55-57-59-61-63-65-67-74(77)81-71-73(72-83-85(79,80)82-70-69-76)84-75(78)68-66-64-62-60-58-56-54-52-50-48-46-44-42-39-32-30-28-26-24-22-20-18-16-14-12-10-8-6-4-2/h6,8,12,14-15,17-18,20-21,23-24,26,73H,3-5,7,9-11,13,16,19,22,25,27-72,76H2,1-2H3,(H,79,80)/b8-6-,14-12-,17-15-,20-18-,23-21-,26-24-. The smallest absolute Gasteiger partial charge is 0.462 e. The molecule has 0 heterocycles. The molecule has 0 amide bonds. The molecule has 0 bridgehead atoms. The van der Waals surface area contributed by atoms with Crippen LogP contribution in [0, 0.1) is 0 Å². The van der Waals surface area contributed by atoms with Crippen molar-refractivity contribution in [2.24, 2.45) is 5.73 Å². The average Bonchev–Trinajstić information content (AvgIpc) is 3.52. The topological polar surface area (TPSA) is 134 Å². The zero-order valence-corrected chi connectivity index (χ0v) is 56.7. The van der Waals surface area contributed by atoms with Crippen LogP contribution in [0.25, 0.3) is 0 Å². The van der Waals surface area contributed by atoms with Gasteiger partial charge in [0.25, 0.3) is 0 Å². The minimum absolute atomic E-state index is 0.0537. The van der Waals surface area contributed by atoms with E-state index in [4.69, 9.17) is 24.3 Å². The molecule has 0 saturated carbocycles. The first kappa shape index (κ1) is 82.5. The highest BCUT2D eigenvalue weighted by atomic mass is 31.2. The molecule has 0 spiro atoms. The fraction of sp³-hybridized carbons (Fsp3) is 0.813. The molecule has 0 aromatic heterocycles. The number of rotatable bonds is 69. The van der Waals surface area contributed by atoms with Crippen LogP contribution in [0.3, 0.4) is 0 Å². The van der Waals surface area contributed by atoms with Gasteiger partial charge in [-0.25, -0.2) is 4.57 Å². The van der Waals surface area contributed by atoms with Crippen molar-refractivity contribution in [2.45, 2.75) is 367 Å². The lowest BCUT2D eigenvalue weighted by molar-refractivity contribution is -0.161. The van der Waals surface area contributed by atoms with E-state index in [0.29, 0.717) is 6.42 Å². The molecule has 0 aromatic carbocycles.